The smallest absolute Gasteiger partial charge is 0.128 e. The molecule has 0 saturated carbocycles. The molecule has 0 saturated heterocycles. The number of halogens is 2. The lowest BCUT2D eigenvalue weighted by Gasteiger charge is -2.19. The molecule has 1 aromatic carbocycles. The number of anilines is 2. The first-order valence-corrected chi connectivity index (χ1v) is 7.82. The molecule has 0 aliphatic rings. The molecule has 3 nitrogen and oxygen atoms in total. The summed E-state index contributed by atoms with van der Waals surface area (Å²) in [6.07, 6.45) is 1.78. The van der Waals surface area contributed by atoms with E-state index in [4.69, 9.17) is 0 Å². The van der Waals surface area contributed by atoms with Crippen molar-refractivity contribution in [2.75, 3.05) is 23.3 Å². The summed E-state index contributed by atoms with van der Waals surface area (Å²) in [5.74, 6) is 0.748. The van der Waals surface area contributed by atoms with Gasteiger partial charge in [0.2, 0.25) is 0 Å². The van der Waals surface area contributed by atoms with E-state index in [1.54, 1.807) is 18.3 Å². The Hall–Kier alpha value is -1.62. The number of hydrogen-bond acceptors (Lipinski definition) is 3. The van der Waals surface area contributed by atoms with Crippen molar-refractivity contribution in [2.45, 2.75) is 20.4 Å². The zero-order chi connectivity index (χ0) is 15.2. The first-order chi connectivity index (χ1) is 10.1. The van der Waals surface area contributed by atoms with Crippen molar-refractivity contribution in [3.05, 3.63) is 52.4 Å². The van der Waals surface area contributed by atoms with Gasteiger partial charge >= 0.3 is 0 Å². The molecule has 1 N–H and O–H groups in total. The summed E-state index contributed by atoms with van der Waals surface area (Å²) in [6, 6.07) is 8.88. The van der Waals surface area contributed by atoms with E-state index < -0.39 is 0 Å². The highest BCUT2D eigenvalue weighted by Crippen LogP contribution is 2.18. The van der Waals surface area contributed by atoms with Gasteiger partial charge in [0.15, 0.2) is 0 Å². The van der Waals surface area contributed by atoms with E-state index in [1.807, 2.05) is 12.1 Å². The molecule has 0 fully saturated rings. The number of rotatable bonds is 6. The van der Waals surface area contributed by atoms with E-state index in [0.717, 1.165) is 29.1 Å². The summed E-state index contributed by atoms with van der Waals surface area (Å²) in [5.41, 5.74) is 1.50. The maximum absolute atomic E-state index is 13.7. The van der Waals surface area contributed by atoms with Crippen LogP contribution in [0.1, 0.15) is 19.4 Å². The number of nitrogens with one attached hydrogen (secondary N) is 1. The summed E-state index contributed by atoms with van der Waals surface area (Å²) in [4.78, 5) is 6.61. The van der Waals surface area contributed by atoms with Crippen LogP contribution in [0.4, 0.5) is 15.9 Å². The molecule has 5 heteroatoms. The lowest BCUT2D eigenvalue weighted by Crippen LogP contribution is -2.22. The van der Waals surface area contributed by atoms with Gasteiger partial charge in [-0.3, -0.25) is 0 Å². The molecular weight excluding hydrogens is 333 g/mol. The van der Waals surface area contributed by atoms with Gasteiger partial charge in [0.1, 0.15) is 11.6 Å². The Morgan fingerprint density at radius 2 is 1.95 bits per heavy atom. The van der Waals surface area contributed by atoms with Crippen LogP contribution in [-0.2, 0) is 6.54 Å². The van der Waals surface area contributed by atoms with Crippen LogP contribution >= 0.6 is 15.9 Å². The fourth-order valence-corrected chi connectivity index (χ4v) is 2.51. The van der Waals surface area contributed by atoms with Crippen LogP contribution in [0.2, 0.25) is 0 Å². The largest absolute Gasteiger partial charge is 0.380 e. The summed E-state index contributed by atoms with van der Waals surface area (Å²) in [7, 11) is 0. The number of pyridine rings is 1. The number of aromatic nitrogens is 1. The molecule has 21 heavy (non-hydrogen) atoms. The standard InChI is InChI=1S/C16H19BrFN3/c1-3-21(4-2)16-8-6-14(11-20-16)19-10-12-9-13(17)5-7-15(12)18/h5-9,11,19H,3-4,10H2,1-2H3. The molecule has 2 aromatic rings. The molecule has 0 aliphatic carbocycles. The van der Waals surface area contributed by atoms with Crippen LogP contribution in [-0.4, -0.2) is 18.1 Å². The summed E-state index contributed by atoms with van der Waals surface area (Å²) in [5, 5.41) is 3.19. The van der Waals surface area contributed by atoms with Crippen LogP contribution in [0.15, 0.2) is 41.0 Å². The SMILES string of the molecule is CCN(CC)c1ccc(NCc2cc(Br)ccc2F)cn1. The van der Waals surface area contributed by atoms with Gasteiger partial charge in [-0.25, -0.2) is 9.37 Å². The minimum atomic E-state index is -0.210. The van der Waals surface area contributed by atoms with Gasteiger partial charge in [-0.05, 0) is 44.2 Å². The predicted octanol–water partition coefficient (Wildman–Crippen LogP) is 4.44. The van der Waals surface area contributed by atoms with Crippen LogP contribution in [0.25, 0.3) is 0 Å². The zero-order valence-corrected chi connectivity index (χ0v) is 13.8. The second-order valence-corrected chi connectivity index (χ2v) is 5.58. The third-order valence-electron chi connectivity index (χ3n) is 3.33. The monoisotopic (exact) mass is 351 g/mol. The van der Waals surface area contributed by atoms with Crippen molar-refractivity contribution in [1.82, 2.24) is 4.98 Å². The maximum atomic E-state index is 13.7. The fourth-order valence-electron chi connectivity index (χ4n) is 2.10. The lowest BCUT2D eigenvalue weighted by atomic mass is 10.2. The van der Waals surface area contributed by atoms with Gasteiger partial charge in [-0.1, -0.05) is 15.9 Å². The van der Waals surface area contributed by atoms with Gasteiger partial charge in [0.05, 0.1) is 11.9 Å². The van der Waals surface area contributed by atoms with E-state index in [1.165, 1.54) is 6.07 Å². The Kier molecular flexibility index (Phi) is 5.56. The molecule has 2 rings (SSSR count). The third kappa shape index (κ3) is 4.17. The van der Waals surface area contributed by atoms with E-state index in [9.17, 15) is 4.39 Å². The Morgan fingerprint density at radius 1 is 1.19 bits per heavy atom. The zero-order valence-electron chi connectivity index (χ0n) is 12.2. The van der Waals surface area contributed by atoms with Crippen molar-refractivity contribution in [2.24, 2.45) is 0 Å². The fraction of sp³-hybridized carbons (Fsp3) is 0.312. The van der Waals surface area contributed by atoms with Crippen molar-refractivity contribution >= 4 is 27.4 Å². The van der Waals surface area contributed by atoms with Crippen LogP contribution in [0, 0.1) is 5.82 Å². The van der Waals surface area contributed by atoms with E-state index >= 15 is 0 Å². The number of nitrogens with zero attached hydrogens (tertiary/aromatic N) is 2. The second kappa shape index (κ2) is 7.41. The summed E-state index contributed by atoms with van der Waals surface area (Å²) >= 11 is 3.35. The Labute approximate surface area is 133 Å². The van der Waals surface area contributed by atoms with Gasteiger partial charge < -0.3 is 10.2 Å². The molecule has 1 aromatic heterocycles. The van der Waals surface area contributed by atoms with Gasteiger partial charge in [-0.15, -0.1) is 0 Å². The van der Waals surface area contributed by atoms with Crippen LogP contribution in [0.3, 0.4) is 0 Å². The van der Waals surface area contributed by atoms with Crippen LogP contribution in [0.5, 0.6) is 0 Å². The maximum Gasteiger partial charge on any atom is 0.128 e. The van der Waals surface area contributed by atoms with Crippen molar-refractivity contribution in [3.63, 3.8) is 0 Å². The Balaban J connectivity index is 2.02. The number of benzene rings is 1. The second-order valence-electron chi connectivity index (χ2n) is 4.67. The molecule has 0 aliphatic heterocycles. The Bertz CT molecular complexity index is 583. The van der Waals surface area contributed by atoms with E-state index in [0.29, 0.717) is 12.1 Å². The first kappa shape index (κ1) is 15.8. The lowest BCUT2D eigenvalue weighted by molar-refractivity contribution is 0.612. The molecule has 0 bridgehead atoms. The van der Waals surface area contributed by atoms with Crippen molar-refractivity contribution in [1.29, 1.82) is 0 Å². The molecule has 0 unspecified atom stereocenters. The van der Waals surface area contributed by atoms with Gasteiger partial charge in [-0.2, -0.15) is 0 Å². The highest BCUT2D eigenvalue weighted by molar-refractivity contribution is 9.10. The minimum absolute atomic E-state index is 0.210. The van der Waals surface area contributed by atoms with Gasteiger partial charge in [0.25, 0.3) is 0 Å². The topological polar surface area (TPSA) is 28.2 Å². The summed E-state index contributed by atoms with van der Waals surface area (Å²) < 4.78 is 14.5. The average Bonchev–Trinajstić information content (AvgIpc) is 2.51. The normalized spacial score (nSPS) is 10.5. The van der Waals surface area contributed by atoms with Crippen molar-refractivity contribution < 1.29 is 4.39 Å². The minimum Gasteiger partial charge on any atom is -0.380 e. The Morgan fingerprint density at radius 3 is 2.57 bits per heavy atom. The third-order valence-corrected chi connectivity index (χ3v) is 3.82. The van der Waals surface area contributed by atoms with Gasteiger partial charge in [0, 0.05) is 29.7 Å². The molecule has 0 radical (unpaired) electrons. The quantitative estimate of drug-likeness (QED) is 0.833. The molecule has 1 heterocycles. The summed E-state index contributed by atoms with van der Waals surface area (Å²) in [6.45, 7) is 6.50. The molecule has 0 amide bonds. The molecule has 112 valence electrons. The molecule has 0 spiro atoms. The predicted molar refractivity (Wildman–Crippen MR) is 89.2 cm³/mol. The highest BCUT2D eigenvalue weighted by Gasteiger charge is 2.05. The van der Waals surface area contributed by atoms with E-state index in [2.05, 4.69) is 45.0 Å². The number of hydrogen-bond donors (Lipinski definition) is 1. The highest BCUT2D eigenvalue weighted by atomic mass is 79.9. The van der Waals surface area contributed by atoms with E-state index in [-0.39, 0.29) is 5.82 Å². The van der Waals surface area contributed by atoms with Crippen LogP contribution < -0.4 is 10.2 Å². The van der Waals surface area contributed by atoms with Crippen molar-refractivity contribution in [3.8, 4) is 0 Å². The first-order valence-electron chi connectivity index (χ1n) is 7.02. The average molecular weight is 352 g/mol. The molecular formula is C16H19BrFN3. The molecule has 0 atom stereocenters.